The summed E-state index contributed by atoms with van der Waals surface area (Å²) in [6.07, 6.45) is 4.51. The molecule has 1 heterocycles. The lowest BCUT2D eigenvalue weighted by atomic mass is 9.88. The van der Waals surface area contributed by atoms with Gasteiger partial charge in [-0.3, -0.25) is 0 Å². The molecule has 1 aliphatic heterocycles. The van der Waals surface area contributed by atoms with Crippen LogP contribution in [0.5, 0.6) is 5.75 Å². The molecule has 1 fully saturated rings. The molecule has 0 amide bonds. The van der Waals surface area contributed by atoms with Gasteiger partial charge in [-0.25, -0.2) is 0 Å². The Kier molecular flexibility index (Phi) is 9.92. The van der Waals surface area contributed by atoms with Gasteiger partial charge in [0, 0.05) is 29.8 Å². The van der Waals surface area contributed by atoms with Crippen molar-refractivity contribution >= 4 is 0 Å². The first-order valence-corrected chi connectivity index (χ1v) is 17.0. The van der Waals surface area contributed by atoms with Crippen LogP contribution < -0.4 is 4.74 Å². The fraction of sp³-hybridized carbons (Fsp3) is 0.405. The predicted octanol–water partition coefficient (Wildman–Crippen LogP) is 9.99. The van der Waals surface area contributed by atoms with Gasteiger partial charge < -0.3 is 14.2 Å². The van der Waals surface area contributed by atoms with E-state index in [-0.39, 0.29) is 11.3 Å². The Morgan fingerprint density at radius 1 is 0.739 bits per heavy atom. The summed E-state index contributed by atoms with van der Waals surface area (Å²) in [4.78, 5) is 0. The molecular formula is C42H47NO3. The van der Waals surface area contributed by atoms with Crippen molar-refractivity contribution < 1.29 is 14.2 Å². The molecule has 6 rings (SSSR count). The highest BCUT2D eigenvalue weighted by Gasteiger charge is 2.33. The smallest absolute Gasteiger partial charge is 0.119 e. The number of rotatable bonds is 14. The van der Waals surface area contributed by atoms with E-state index >= 15 is 0 Å². The molecule has 0 bridgehead atoms. The number of fused-ring (bicyclic) bond motifs is 3. The highest BCUT2D eigenvalue weighted by Crippen LogP contribution is 2.47. The van der Waals surface area contributed by atoms with Crippen LogP contribution in [0.25, 0.3) is 11.1 Å². The summed E-state index contributed by atoms with van der Waals surface area (Å²) in [7, 11) is 0. The van der Waals surface area contributed by atoms with Crippen LogP contribution in [0.4, 0.5) is 0 Å². The quantitative estimate of drug-likeness (QED) is 0.133. The number of hydrogen-bond donors (Lipinski definition) is 0. The van der Waals surface area contributed by atoms with Gasteiger partial charge in [-0.2, -0.15) is 5.26 Å². The zero-order valence-corrected chi connectivity index (χ0v) is 27.9. The van der Waals surface area contributed by atoms with E-state index in [1.165, 1.54) is 50.9 Å². The SMILES string of the molecule is CC(c1ccc(C#N)cc1)c1ccc2c(c1)C(C)c1cc(C(C)c3ccc(OCCCCCCOCC4(C)COC4)cc3)ccc1-2. The maximum absolute atomic E-state index is 9.16. The fourth-order valence-corrected chi connectivity index (χ4v) is 6.86. The molecule has 0 saturated carbocycles. The Bertz CT molecular complexity index is 1660. The minimum Gasteiger partial charge on any atom is -0.494 e. The normalized spacial score (nSPS) is 17.3. The van der Waals surface area contributed by atoms with E-state index in [1.807, 2.05) is 12.1 Å². The van der Waals surface area contributed by atoms with Gasteiger partial charge in [-0.15, -0.1) is 0 Å². The van der Waals surface area contributed by atoms with E-state index in [1.54, 1.807) is 0 Å². The summed E-state index contributed by atoms with van der Waals surface area (Å²) in [6, 6.07) is 32.9. The molecular weight excluding hydrogens is 566 g/mol. The third-order valence-electron chi connectivity index (χ3n) is 10.1. The molecule has 46 heavy (non-hydrogen) atoms. The summed E-state index contributed by atoms with van der Waals surface area (Å²) in [5.74, 6) is 1.85. The first-order chi connectivity index (χ1) is 22.3. The average Bonchev–Trinajstić information content (AvgIpc) is 3.36. The Balaban J connectivity index is 1.00. The molecule has 2 aliphatic rings. The van der Waals surface area contributed by atoms with Gasteiger partial charge in [0.1, 0.15) is 5.75 Å². The van der Waals surface area contributed by atoms with Gasteiger partial charge in [0.15, 0.2) is 0 Å². The average molecular weight is 614 g/mol. The van der Waals surface area contributed by atoms with E-state index in [4.69, 9.17) is 19.5 Å². The van der Waals surface area contributed by atoms with E-state index in [9.17, 15) is 0 Å². The van der Waals surface area contributed by atoms with Crippen LogP contribution in [0, 0.1) is 16.7 Å². The van der Waals surface area contributed by atoms with Crippen LogP contribution in [0.3, 0.4) is 0 Å². The van der Waals surface area contributed by atoms with Crippen molar-refractivity contribution in [2.45, 2.75) is 71.1 Å². The monoisotopic (exact) mass is 613 g/mol. The van der Waals surface area contributed by atoms with Crippen LogP contribution in [-0.2, 0) is 9.47 Å². The van der Waals surface area contributed by atoms with Crippen LogP contribution in [0.1, 0.15) is 110 Å². The predicted molar refractivity (Wildman–Crippen MR) is 186 cm³/mol. The highest BCUT2D eigenvalue weighted by molar-refractivity contribution is 5.79. The summed E-state index contributed by atoms with van der Waals surface area (Å²) < 4.78 is 17.2. The first-order valence-electron chi connectivity index (χ1n) is 17.0. The number of hydrogen-bond acceptors (Lipinski definition) is 4. The molecule has 3 atom stereocenters. The first kappa shape index (κ1) is 32.0. The molecule has 4 aromatic carbocycles. The topological polar surface area (TPSA) is 51.5 Å². The Hall–Kier alpha value is -3.91. The molecule has 0 N–H and O–H groups in total. The third-order valence-corrected chi connectivity index (χ3v) is 10.1. The molecule has 4 nitrogen and oxygen atoms in total. The molecule has 0 spiro atoms. The Morgan fingerprint density at radius 3 is 1.78 bits per heavy atom. The Labute approximate surface area is 275 Å². The van der Waals surface area contributed by atoms with Crippen LogP contribution in [0.2, 0.25) is 0 Å². The molecule has 238 valence electrons. The minimum absolute atomic E-state index is 0.243. The molecule has 4 heteroatoms. The molecule has 0 aromatic heterocycles. The molecule has 3 unspecified atom stereocenters. The Morgan fingerprint density at radius 2 is 1.26 bits per heavy atom. The lowest BCUT2D eigenvalue weighted by molar-refractivity contribution is -0.137. The molecule has 1 aliphatic carbocycles. The van der Waals surface area contributed by atoms with Crippen molar-refractivity contribution in [1.82, 2.24) is 0 Å². The molecule has 4 aromatic rings. The van der Waals surface area contributed by atoms with Gasteiger partial charge in [0.25, 0.3) is 0 Å². The fourth-order valence-electron chi connectivity index (χ4n) is 6.86. The summed E-state index contributed by atoms with van der Waals surface area (Å²) in [5.41, 5.74) is 11.7. The second kappa shape index (κ2) is 14.2. The van der Waals surface area contributed by atoms with E-state index in [2.05, 4.69) is 107 Å². The summed E-state index contributed by atoms with van der Waals surface area (Å²) in [5, 5.41) is 9.16. The van der Waals surface area contributed by atoms with Crippen molar-refractivity contribution in [2.24, 2.45) is 5.41 Å². The van der Waals surface area contributed by atoms with Gasteiger partial charge in [0.05, 0.1) is 38.1 Å². The minimum atomic E-state index is 0.243. The number of unbranched alkanes of at least 4 members (excludes halogenated alkanes) is 3. The van der Waals surface area contributed by atoms with Crippen molar-refractivity contribution in [2.75, 3.05) is 33.0 Å². The third kappa shape index (κ3) is 7.07. The molecule has 1 saturated heterocycles. The second-order valence-corrected chi connectivity index (χ2v) is 13.8. The largest absolute Gasteiger partial charge is 0.494 e. The lowest BCUT2D eigenvalue weighted by Gasteiger charge is -2.37. The van der Waals surface area contributed by atoms with Crippen LogP contribution in [-0.4, -0.2) is 33.0 Å². The van der Waals surface area contributed by atoms with Gasteiger partial charge in [-0.1, -0.05) is 94.8 Å². The number of benzene rings is 4. The van der Waals surface area contributed by atoms with Crippen molar-refractivity contribution in [3.8, 4) is 22.9 Å². The van der Waals surface area contributed by atoms with Gasteiger partial charge >= 0.3 is 0 Å². The van der Waals surface area contributed by atoms with E-state index in [0.717, 1.165) is 58.0 Å². The maximum atomic E-state index is 9.16. The van der Waals surface area contributed by atoms with E-state index in [0.29, 0.717) is 17.4 Å². The zero-order valence-electron chi connectivity index (χ0n) is 27.9. The lowest BCUT2D eigenvalue weighted by Crippen LogP contribution is -2.43. The van der Waals surface area contributed by atoms with Crippen molar-refractivity contribution in [1.29, 1.82) is 5.26 Å². The standard InChI is InChI=1S/C42H47NO3/c1-29(33-11-9-32(25-43)10-12-33)35-15-19-38-39-20-16-36(24-41(39)31(3)40(38)23-35)30(2)34-13-17-37(18-14-34)46-22-8-6-5-7-21-44-26-42(4)27-45-28-42/h9-20,23-24,29-31H,5-8,21-22,26-28H2,1-4H3. The van der Waals surface area contributed by atoms with Crippen molar-refractivity contribution in [3.05, 3.63) is 124 Å². The number of ether oxygens (including phenoxy) is 3. The summed E-state index contributed by atoms with van der Waals surface area (Å²) in [6.45, 7) is 13.2. The number of nitrogens with zero attached hydrogens (tertiary/aromatic N) is 1. The second-order valence-electron chi connectivity index (χ2n) is 13.8. The van der Waals surface area contributed by atoms with Gasteiger partial charge in [0.2, 0.25) is 0 Å². The van der Waals surface area contributed by atoms with Crippen LogP contribution >= 0.6 is 0 Å². The maximum Gasteiger partial charge on any atom is 0.119 e. The number of nitriles is 1. The van der Waals surface area contributed by atoms with E-state index < -0.39 is 0 Å². The highest BCUT2D eigenvalue weighted by atomic mass is 16.5. The zero-order chi connectivity index (χ0) is 32.1. The van der Waals surface area contributed by atoms with Crippen molar-refractivity contribution in [3.63, 3.8) is 0 Å². The van der Waals surface area contributed by atoms with Gasteiger partial charge in [-0.05, 0) is 88.0 Å². The van der Waals surface area contributed by atoms with Crippen LogP contribution in [0.15, 0.2) is 84.9 Å². The molecule has 0 radical (unpaired) electrons. The summed E-state index contributed by atoms with van der Waals surface area (Å²) >= 11 is 0.